The zero-order chi connectivity index (χ0) is 22.9. The maximum Gasteiger partial charge on any atom is 0.256 e. The molecule has 4 aromatic rings. The number of hydrogen-bond donors (Lipinski definition) is 0. The number of carbonyl (C=O) groups is 1. The lowest BCUT2D eigenvalue weighted by molar-refractivity contribution is 0.0394. The average molecular weight is 451 g/mol. The van der Waals surface area contributed by atoms with Gasteiger partial charge in [0.25, 0.3) is 5.91 Å². The van der Waals surface area contributed by atoms with Gasteiger partial charge >= 0.3 is 0 Å². The van der Waals surface area contributed by atoms with Crippen molar-refractivity contribution >= 4 is 11.4 Å². The first kappa shape index (κ1) is 20.0. The van der Waals surface area contributed by atoms with Crippen molar-refractivity contribution in [3.63, 3.8) is 0 Å². The normalized spacial score (nSPS) is 19.7. The molecule has 33 heavy (non-hydrogen) atoms. The predicted molar refractivity (Wildman–Crippen MR) is 114 cm³/mol. The Morgan fingerprint density at radius 3 is 2.70 bits per heavy atom. The van der Waals surface area contributed by atoms with Crippen molar-refractivity contribution < 1.29 is 18.0 Å². The number of piperidine rings is 1. The Labute approximate surface area is 187 Å². The van der Waals surface area contributed by atoms with E-state index in [1.165, 1.54) is 0 Å². The minimum atomic E-state index is -1.49. The molecule has 1 aromatic carbocycles. The number of fused-ring (bicyclic) bond motifs is 5. The highest BCUT2D eigenvalue weighted by Crippen LogP contribution is 2.45. The van der Waals surface area contributed by atoms with Gasteiger partial charge in [-0.3, -0.25) is 14.5 Å². The van der Waals surface area contributed by atoms with Crippen LogP contribution >= 0.6 is 0 Å². The van der Waals surface area contributed by atoms with Gasteiger partial charge in [0.15, 0.2) is 17.5 Å². The van der Waals surface area contributed by atoms with E-state index in [1.807, 2.05) is 15.5 Å². The van der Waals surface area contributed by atoms with Crippen LogP contribution in [-0.4, -0.2) is 36.0 Å². The third kappa shape index (κ3) is 2.91. The molecule has 2 bridgehead atoms. The maximum atomic E-state index is 14.0. The molecule has 6 nitrogen and oxygen atoms in total. The molecule has 1 amide bonds. The van der Waals surface area contributed by atoms with Crippen LogP contribution in [0.2, 0.25) is 0 Å². The van der Waals surface area contributed by atoms with E-state index in [1.54, 1.807) is 36.4 Å². The van der Waals surface area contributed by atoms with Gasteiger partial charge in [-0.05, 0) is 43.9 Å². The molecular formula is C24H20F3N5O. The van der Waals surface area contributed by atoms with Gasteiger partial charge in [-0.2, -0.15) is 5.10 Å². The summed E-state index contributed by atoms with van der Waals surface area (Å²) in [5, 5.41) is 4.67. The monoisotopic (exact) mass is 451 g/mol. The summed E-state index contributed by atoms with van der Waals surface area (Å²) in [6.45, 7) is 0. The van der Waals surface area contributed by atoms with Crippen molar-refractivity contribution in [3.05, 3.63) is 77.3 Å². The van der Waals surface area contributed by atoms with E-state index < -0.39 is 17.5 Å². The van der Waals surface area contributed by atoms with Crippen LogP contribution in [0.25, 0.3) is 16.8 Å². The quantitative estimate of drug-likeness (QED) is 0.424. The second-order valence-corrected chi connectivity index (χ2v) is 8.71. The number of rotatable bonds is 2. The molecule has 5 heterocycles. The van der Waals surface area contributed by atoms with Gasteiger partial charge in [0, 0.05) is 42.8 Å². The van der Waals surface area contributed by atoms with E-state index in [4.69, 9.17) is 0 Å². The van der Waals surface area contributed by atoms with E-state index in [9.17, 15) is 18.0 Å². The molecule has 0 unspecified atom stereocenters. The Balaban J connectivity index is 1.45. The summed E-state index contributed by atoms with van der Waals surface area (Å²) < 4.78 is 44.9. The van der Waals surface area contributed by atoms with Crippen LogP contribution in [0, 0.1) is 17.5 Å². The highest BCUT2D eigenvalue weighted by atomic mass is 19.2. The lowest BCUT2D eigenvalue weighted by atomic mass is 9.81. The van der Waals surface area contributed by atoms with E-state index >= 15 is 0 Å². The molecule has 0 saturated carbocycles. The second kappa shape index (κ2) is 7.19. The van der Waals surface area contributed by atoms with Crippen LogP contribution in [0.1, 0.15) is 46.9 Å². The van der Waals surface area contributed by atoms with Crippen molar-refractivity contribution in [1.29, 1.82) is 0 Å². The summed E-state index contributed by atoms with van der Waals surface area (Å²) in [5.41, 5.74) is 3.73. The summed E-state index contributed by atoms with van der Waals surface area (Å²) in [6.07, 6.45) is 10.0. The molecule has 0 radical (unpaired) electrons. The third-order valence-corrected chi connectivity index (χ3v) is 6.86. The molecule has 2 atom stereocenters. The largest absolute Gasteiger partial charge is 0.327 e. The Hall–Kier alpha value is -3.62. The van der Waals surface area contributed by atoms with Crippen molar-refractivity contribution in [3.8, 4) is 11.3 Å². The molecule has 0 spiro atoms. The molecule has 6 rings (SSSR count). The third-order valence-electron chi connectivity index (χ3n) is 6.86. The van der Waals surface area contributed by atoms with Crippen LogP contribution in [0.15, 0.2) is 43.0 Å². The van der Waals surface area contributed by atoms with Crippen molar-refractivity contribution in [2.75, 3.05) is 0 Å². The molecular weight excluding hydrogens is 431 g/mol. The van der Waals surface area contributed by atoms with Crippen LogP contribution in [-0.2, 0) is 13.5 Å². The topological polar surface area (TPSA) is 55.4 Å². The van der Waals surface area contributed by atoms with E-state index in [2.05, 4.69) is 10.1 Å². The number of hydrogen-bond acceptors (Lipinski definition) is 3. The van der Waals surface area contributed by atoms with Crippen molar-refractivity contribution in [2.24, 2.45) is 7.05 Å². The Morgan fingerprint density at radius 2 is 1.91 bits per heavy atom. The number of aryl methyl sites for hydroxylation is 1. The van der Waals surface area contributed by atoms with Gasteiger partial charge in [0.05, 0.1) is 34.7 Å². The van der Waals surface area contributed by atoms with Gasteiger partial charge in [0.1, 0.15) is 0 Å². The lowest BCUT2D eigenvalue weighted by Gasteiger charge is -2.45. The van der Waals surface area contributed by atoms with Crippen molar-refractivity contribution in [2.45, 2.75) is 37.8 Å². The first-order chi connectivity index (χ1) is 15.9. The average Bonchev–Trinajstić information content (AvgIpc) is 3.37. The predicted octanol–water partition coefficient (Wildman–Crippen LogP) is 4.44. The Kier molecular flexibility index (Phi) is 4.36. The minimum absolute atomic E-state index is 0.0616. The van der Waals surface area contributed by atoms with Crippen LogP contribution in [0.4, 0.5) is 13.2 Å². The highest BCUT2D eigenvalue weighted by molar-refractivity contribution is 6.01. The number of amides is 1. The van der Waals surface area contributed by atoms with Gasteiger partial charge in [-0.1, -0.05) is 0 Å². The first-order valence-corrected chi connectivity index (χ1v) is 10.9. The van der Waals surface area contributed by atoms with Crippen LogP contribution in [0.3, 0.4) is 0 Å². The molecule has 0 aliphatic carbocycles. The molecule has 1 fully saturated rings. The molecule has 168 valence electrons. The maximum absolute atomic E-state index is 14.0. The van der Waals surface area contributed by atoms with Crippen LogP contribution < -0.4 is 0 Å². The van der Waals surface area contributed by atoms with Gasteiger partial charge in [0.2, 0.25) is 0 Å². The smallest absolute Gasteiger partial charge is 0.256 e. The number of benzene rings is 1. The minimum Gasteiger partial charge on any atom is -0.327 e. The number of halogens is 3. The molecule has 2 aliphatic heterocycles. The second-order valence-electron chi connectivity index (χ2n) is 8.71. The molecule has 9 heteroatoms. The van der Waals surface area contributed by atoms with E-state index in [0.29, 0.717) is 17.7 Å². The van der Waals surface area contributed by atoms with Gasteiger partial charge in [-0.25, -0.2) is 13.2 Å². The van der Waals surface area contributed by atoms with Crippen molar-refractivity contribution in [1.82, 2.24) is 24.1 Å². The Morgan fingerprint density at radius 1 is 1.12 bits per heavy atom. The standard InChI is InChI=1S/C24H20F3N5O/c1-30-23(13-9-17(25)21(27)18(26)10-13)16-11-14-3-2-4-19(22(16)29-30)32(14)24(33)15-5-7-31-8-6-28-12-20(15)31/h5-10,12,14,19H,2-4,11H2,1H3/t14-,19+/m1/s1. The fourth-order valence-electron chi connectivity index (χ4n) is 5.47. The molecule has 3 aromatic heterocycles. The van der Waals surface area contributed by atoms with E-state index in [0.717, 1.165) is 48.2 Å². The number of aromatic nitrogens is 4. The number of carbonyl (C=O) groups excluding carboxylic acids is 1. The zero-order valence-corrected chi connectivity index (χ0v) is 17.8. The first-order valence-electron chi connectivity index (χ1n) is 10.9. The van der Waals surface area contributed by atoms with Crippen LogP contribution in [0.5, 0.6) is 0 Å². The summed E-state index contributed by atoms with van der Waals surface area (Å²) in [5.74, 6) is -4.03. The van der Waals surface area contributed by atoms with Gasteiger partial charge < -0.3 is 9.30 Å². The summed E-state index contributed by atoms with van der Waals surface area (Å²) in [4.78, 5) is 19.8. The SMILES string of the molecule is Cn1nc2c(c1-c1cc(F)c(F)c(F)c1)C[C@H]1CCC[C@@H]2N1C(=O)c1ccn2ccncc12. The molecule has 0 N–H and O–H groups in total. The summed E-state index contributed by atoms with van der Waals surface area (Å²) >= 11 is 0. The summed E-state index contributed by atoms with van der Waals surface area (Å²) in [6, 6.07) is 3.51. The zero-order valence-electron chi connectivity index (χ0n) is 17.8. The fraction of sp³-hybridized carbons (Fsp3) is 0.292. The summed E-state index contributed by atoms with van der Waals surface area (Å²) in [7, 11) is 1.70. The molecule has 2 aliphatic rings. The fourth-order valence-corrected chi connectivity index (χ4v) is 5.47. The highest BCUT2D eigenvalue weighted by Gasteiger charge is 2.44. The van der Waals surface area contributed by atoms with E-state index in [-0.39, 0.29) is 23.6 Å². The Bertz CT molecular complexity index is 1400. The lowest BCUT2D eigenvalue weighted by Crippen LogP contribution is -2.49. The number of nitrogens with zero attached hydrogens (tertiary/aromatic N) is 5. The molecule has 1 saturated heterocycles. The van der Waals surface area contributed by atoms with Gasteiger partial charge in [-0.15, -0.1) is 0 Å².